The highest BCUT2D eigenvalue weighted by Gasteiger charge is 2.06. The summed E-state index contributed by atoms with van der Waals surface area (Å²) in [5.41, 5.74) is 8.26. The Bertz CT molecular complexity index is 549. The Morgan fingerprint density at radius 2 is 1.74 bits per heavy atom. The molecule has 100 valence electrons. The highest BCUT2D eigenvalue weighted by Crippen LogP contribution is 2.29. The van der Waals surface area contributed by atoms with E-state index in [0.29, 0.717) is 0 Å². The van der Waals surface area contributed by atoms with Gasteiger partial charge in [0.05, 0.1) is 0 Å². The summed E-state index contributed by atoms with van der Waals surface area (Å²) in [6.07, 6.45) is 1.04. The third-order valence-electron chi connectivity index (χ3n) is 3.03. The SMILES string of the molecule is CCc1ccc(Oc2ccc([C@@H](C)N)c(Br)c2)cc1. The Kier molecular flexibility index (Phi) is 4.61. The van der Waals surface area contributed by atoms with Crippen molar-refractivity contribution in [2.75, 3.05) is 0 Å². The van der Waals surface area contributed by atoms with Crippen LogP contribution in [0.3, 0.4) is 0 Å². The highest BCUT2D eigenvalue weighted by atomic mass is 79.9. The smallest absolute Gasteiger partial charge is 0.128 e. The van der Waals surface area contributed by atoms with Gasteiger partial charge in [-0.2, -0.15) is 0 Å². The van der Waals surface area contributed by atoms with E-state index in [-0.39, 0.29) is 6.04 Å². The number of ether oxygens (including phenoxy) is 1. The van der Waals surface area contributed by atoms with E-state index in [9.17, 15) is 0 Å². The van der Waals surface area contributed by atoms with Crippen molar-refractivity contribution in [1.29, 1.82) is 0 Å². The second kappa shape index (κ2) is 6.22. The normalized spacial score (nSPS) is 12.2. The Balaban J connectivity index is 2.16. The van der Waals surface area contributed by atoms with Gasteiger partial charge in [-0.3, -0.25) is 0 Å². The molecule has 2 N–H and O–H groups in total. The molecule has 2 nitrogen and oxygen atoms in total. The van der Waals surface area contributed by atoms with Crippen molar-refractivity contribution < 1.29 is 4.74 Å². The molecule has 2 aromatic rings. The average Bonchev–Trinajstić information content (AvgIpc) is 2.39. The highest BCUT2D eigenvalue weighted by molar-refractivity contribution is 9.10. The summed E-state index contributed by atoms with van der Waals surface area (Å²) in [4.78, 5) is 0. The van der Waals surface area contributed by atoms with E-state index in [1.165, 1.54) is 5.56 Å². The summed E-state index contributed by atoms with van der Waals surface area (Å²) >= 11 is 3.52. The number of benzene rings is 2. The van der Waals surface area contributed by atoms with Crippen molar-refractivity contribution in [1.82, 2.24) is 0 Å². The Labute approximate surface area is 122 Å². The molecule has 0 aliphatic heterocycles. The van der Waals surface area contributed by atoms with Gasteiger partial charge in [-0.05, 0) is 48.7 Å². The van der Waals surface area contributed by atoms with Crippen LogP contribution in [0.1, 0.15) is 31.0 Å². The molecular weight excluding hydrogens is 302 g/mol. The first kappa shape index (κ1) is 14.1. The van der Waals surface area contributed by atoms with E-state index >= 15 is 0 Å². The molecular formula is C16H18BrNO. The quantitative estimate of drug-likeness (QED) is 0.876. The average molecular weight is 320 g/mol. The summed E-state index contributed by atoms with van der Waals surface area (Å²) in [6.45, 7) is 4.10. The van der Waals surface area contributed by atoms with Gasteiger partial charge in [0, 0.05) is 10.5 Å². The fourth-order valence-corrected chi connectivity index (χ4v) is 2.59. The van der Waals surface area contributed by atoms with E-state index in [0.717, 1.165) is 28.0 Å². The summed E-state index contributed by atoms with van der Waals surface area (Å²) < 4.78 is 6.80. The van der Waals surface area contributed by atoms with Gasteiger partial charge in [-0.25, -0.2) is 0 Å². The van der Waals surface area contributed by atoms with Gasteiger partial charge < -0.3 is 10.5 Å². The lowest BCUT2D eigenvalue weighted by atomic mass is 10.1. The summed E-state index contributed by atoms with van der Waals surface area (Å²) in [5, 5.41) is 0. The maximum absolute atomic E-state index is 5.88. The van der Waals surface area contributed by atoms with Gasteiger partial charge in [0.15, 0.2) is 0 Å². The molecule has 19 heavy (non-hydrogen) atoms. The van der Waals surface area contributed by atoms with E-state index in [1.807, 2.05) is 37.3 Å². The molecule has 0 saturated carbocycles. The molecule has 0 radical (unpaired) electrons. The van der Waals surface area contributed by atoms with E-state index in [1.54, 1.807) is 0 Å². The zero-order chi connectivity index (χ0) is 13.8. The second-order valence-corrected chi connectivity index (χ2v) is 5.43. The lowest BCUT2D eigenvalue weighted by molar-refractivity contribution is 0.481. The monoisotopic (exact) mass is 319 g/mol. The first-order valence-electron chi connectivity index (χ1n) is 6.42. The number of halogens is 1. The van der Waals surface area contributed by atoms with Gasteiger partial charge in [0.2, 0.25) is 0 Å². The van der Waals surface area contributed by atoms with Crippen LogP contribution < -0.4 is 10.5 Å². The van der Waals surface area contributed by atoms with Crippen LogP contribution in [0.15, 0.2) is 46.9 Å². The number of hydrogen-bond donors (Lipinski definition) is 1. The molecule has 0 unspecified atom stereocenters. The molecule has 2 aromatic carbocycles. The lowest BCUT2D eigenvalue weighted by Gasteiger charge is -2.11. The van der Waals surface area contributed by atoms with Crippen LogP contribution in [0, 0.1) is 0 Å². The third-order valence-corrected chi connectivity index (χ3v) is 3.72. The molecule has 0 aliphatic rings. The van der Waals surface area contributed by atoms with Gasteiger partial charge in [0.1, 0.15) is 11.5 Å². The largest absolute Gasteiger partial charge is 0.457 e. The van der Waals surface area contributed by atoms with E-state index in [4.69, 9.17) is 10.5 Å². The Hall–Kier alpha value is -1.32. The van der Waals surface area contributed by atoms with Crippen LogP contribution in [0.5, 0.6) is 11.5 Å². The zero-order valence-corrected chi connectivity index (χ0v) is 12.8. The standard InChI is InChI=1S/C16H18BrNO/c1-3-12-4-6-13(7-5-12)19-14-8-9-15(11(2)18)16(17)10-14/h4-11H,3,18H2,1-2H3/t11-/m1/s1. The maximum Gasteiger partial charge on any atom is 0.128 e. The van der Waals surface area contributed by atoms with E-state index < -0.39 is 0 Å². The van der Waals surface area contributed by atoms with Crippen molar-refractivity contribution in [2.24, 2.45) is 5.73 Å². The van der Waals surface area contributed by atoms with Crippen molar-refractivity contribution in [3.8, 4) is 11.5 Å². The minimum Gasteiger partial charge on any atom is -0.457 e. The number of hydrogen-bond acceptors (Lipinski definition) is 2. The predicted molar refractivity (Wildman–Crippen MR) is 82.6 cm³/mol. The van der Waals surface area contributed by atoms with Gasteiger partial charge in [-0.1, -0.05) is 41.1 Å². The van der Waals surface area contributed by atoms with Crippen molar-refractivity contribution in [3.05, 3.63) is 58.1 Å². The van der Waals surface area contributed by atoms with Crippen molar-refractivity contribution in [2.45, 2.75) is 26.3 Å². The molecule has 1 atom stereocenters. The van der Waals surface area contributed by atoms with Gasteiger partial charge in [-0.15, -0.1) is 0 Å². The molecule has 3 heteroatoms. The molecule has 0 heterocycles. The van der Waals surface area contributed by atoms with Crippen LogP contribution in [0.4, 0.5) is 0 Å². The van der Waals surface area contributed by atoms with Gasteiger partial charge in [0.25, 0.3) is 0 Å². The van der Waals surface area contributed by atoms with Crippen LogP contribution in [-0.4, -0.2) is 0 Å². The second-order valence-electron chi connectivity index (χ2n) is 4.57. The number of aryl methyl sites for hydroxylation is 1. The van der Waals surface area contributed by atoms with E-state index in [2.05, 4.69) is 35.0 Å². The fraction of sp³-hybridized carbons (Fsp3) is 0.250. The Morgan fingerprint density at radius 1 is 1.11 bits per heavy atom. The first-order valence-corrected chi connectivity index (χ1v) is 7.21. The lowest BCUT2D eigenvalue weighted by Crippen LogP contribution is -2.05. The molecule has 0 amide bonds. The number of rotatable bonds is 4. The van der Waals surface area contributed by atoms with Gasteiger partial charge >= 0.3 is 0 Å². The zero-order valence-electron chi connectivity index (χ0n) is 11.2. The summed E-state index contributed by atoms with van der Waals surface area (Å²) in [7, 11) is 0. The van der Waals surface area contributed by atoms with Crippen LogP contribution in [-0.2, 0) is 6.42 Å². The molecule has 0 saturated heterocycles. The van der Waals surface area contributed by atoms with Crippen molar-refractivity contribution in [3.63, 3.8) is 0 Å². The minimum atomic E-state index is 0.00672. The summed E-state index contributed by atoms with van der Waals surface area (Å²) in [5.74, 6) is 1.65. The molecule has 2 rings (SSSR count). The number of nitrogens with two attached hydrogens (primary N) is 1. The maximum atomic E-state index is 5.88. The van der Waals surface area contributed by atoms with Crippen LogP contribution in [0.25, 0.3) is 0 Å². The molecule has 0 bridgehead atoms. The predicted octanol–water partition coefficient (Wildman–Crippen LogP) is 4.82. The molecule has 0 spiro atoms. The topological polar surface area (TPSA) is 35.2 Å². The molecule has 0 fully saturated rings. The van der Waals surface area contributed by atoms with Crippen LogP contribution >= 0.6 is 15.9 Å². The molecule has 0 aliphatic carbocycles. The van der Waals surface area contributed by atoms with Crippen molar-refractivity contribution >= 4 is 15.9 Å². The Morgan fingerprint density at radius 3 is 2.26 bits per heavy atom. The minimum absolute atomic E-state index is 0.00672. The summed E-state index contributed by atoms with van der Waals surface area (Å²) in [6, 6.07) is 14.0. The third kappa shape index (κ3) is 3.58. The van der Waals surface area contributed by atoms with Crippen LogP contribution in [0.2, 0.25) is 0 Å². The molecule has 0 aromatic heterocycles. The fourth-order valence-electron chi connectivity index (χ4n) is 1.87. The first-order chi connectivity index (χ1) is 9.10.